The Morgan fingerprint density at radius 3 is 2.33 bits per heavy atom. The van der Waals surface area contributed by atoms with E-state index in [1.54, 1.807) is 0 Å². The van der Waals surface area contributed by atoms with Crippen molar-refractivity contribution in [1.29, 1.82) is 0 Å². The standard InChI is InChI=1S/C9H9F3O3/c1-15-5-2-3-6(7(13)4-5)8(14)9(10,11)12/h2-4,8,13-14H,1H3. The van der Waals surface area contributed by atoms with Crippen LogP contribution in [0.5, 0.6) is 11.5 Å². The minimum Gasteiger partial charge on any atom is -0.507 e. The van der Waals surface area contributed by atoms with Crippen molar-refractivity contribution in [2.75, 3.05) is 7.11 Å². The molecule has 0 aliphatic heterocycles. The monoisotopic (exact) mass is 222 g/mol. The molecule has 0 radical (unpaired) electrons. The summed E-state index contributed by atoms with van der Waals surface area (Å²) in [5, 5.41) is 18.1. The van der Waals surface area contributed by atoms with Crippen LogP contribution in [0.1, 0.15) is 11.7 Å². The molecule has 0 saturated heterocycles. The molecule has 1 rings (SSSR count). The van der Waals surface area contributed by atoms with Crippen molar-refractivity contribution in [3.05, 3.63) is 23.8 Å². The number of benzene rings is 1. The van der Waals surface area contributed by atoms with E-state index in [0.29, 0.717) is 0 Å². The van der Waals surface area contributed by atoms with E-state index < -0.39 is 23.6 Å². The molecule has 0 bridgehead atoms. The van der Waals surface area contributed by atoms with E-state index in [9.17, 15) is 18.3 Å². The van der Waals surface area contributed by atoms with Crippen molar-refractivity contribution in [2.24, 2.45) is 0 Å². The lowest BCUT2D eigenvalue weighted by Crippen LogP contribution is -2.20. The Hall–Kier alpha value is -1.43. The molecule has 15 heavy (non-hydrogen) atoms. The maximum absolute atomic E-state index is 12.1. The van der Waals surface area contributed by atoms with Crippen molar-refractivity contribution in [3.63, 3.8) is 0 Å². The van der Waals surface area contributed by atoms with E-state index in [4.69, 9.17) is 9.84 Å². The first kappa shape index (κ1) is 11.6. The number of rotatable bonds is 2. The van der Waals surface area contributed by atoms with Crippen molar-refractivity contribution in [2.45, 2.75) is 12.3 Å². The summed E-state index contributed by atoms with van der Waals surface area (Å²) >= 11 is 0. The van der Waals surface area contributed by atoms with E-state index in [1.165, 1.54) is 13.2 Å². The van der Waals surface area contributed by atoms with Crippen LogP contribution in [0.3, 0.4) is 0 Å². The first-order valence-electron chi connectivity index (χ1n) is 3.98. The molecule has 1 atom stereocenters. The topological polar surface area (TPSA) is 49.7 Å². The summed E-state index contributed by atoms with van der Waals surface area (Å²) in [5.74, 6) is -0.440. The van der Waals surface area contributed by atoms with Crippen LogP contribution in [-0.4, -0.2) is 23.5 Å². The van der Waals surface area contributed by atoms with Crippen molar-refractivity contribution < 1.29 is 28.1 Å². The van der Waals surface area contributed by atoms with Gasteiger partial charge in [0.05, 0.1) is 7.11 Å². The lowest BCUT2D eigenvalue weighted by Gasteiger charge is -2.16. The average Bonchev–Trinajstić information content (AvgIpc) is 2.15. The van der Waals surface area contributed by atoms with Gasteiger partial charge in [-0.25, -0.2) is 0 Å². The smallest absolute Gasteiger partial charge is 0.418 e. The Morgan fingerprint density at radius 1 is 1.33 bits per heavy atom. The summed E-state index contributed by atoms with van der Waals surface area (Å²) in [4.78, 5) is 0. The van der Waals surface area contributed by atoms with Gasteiger partial charge in [-0.15, -0.1) is 0 Å². The van der Waals surface area contributed by atoms with Gasteiger partial charge in [0.25, 0.3) is 0 Å². The van der Waals surface area contributed by atoms with Gasteiger partial charge < -0.3 is 14.9 Å². The molecule has 0 saturated carbocycles. The third kappa shape index (κ3) is 2.53. The second-order valence-electron chi connectivity index (χ2n) is 2.87. The minimum atomic E-state index is -4.80. The largest absolute Gasteiger partial charge is 0.507 e. The molecule has 2 N–H and O–H groups in total. The molecule has 0 fully saturated rings. The Bertz CT molecular complexity index is 349. The maximum atomic E-state index is 12.1. The predicted molar refractivity (Wildman–Crippen MR) is 45.7 cm³/mol. The molecule has 1 unspecified atom stereocenters. The number of hydrogen-bond donors (Lipinski definition) is 2. The number of methoxy groups -OCH3 is 1. The molecular weight excluding hydrogens is 213 g/mol. The molecule has 6 heteroatoms. The predicted octanol–water partition coefficient (Wildman–Crippen LogP) is 2.00. The van der Waals surface area contributed by atoms with E-state index in [2.05, 4.69) is 0 Å². The maximum Gasteiger partial charge on any atom is 0.418 e. The molecule has 3 nitrogen and oxygen atoms in total. The molecule has 1 aromatic carbocycles. The van der Waals surface area contributed by atoms with Gasteiger partial charge in [0.2, 0.25) is 0 Å². The van der Waals surface area contributed by atoms with Gasteiger partial charge in [0.15, 0.2) is 6.10 Å². The molecule has 0 aliphatic rings. The summed E-state index contributed by atoms with van der Waals surface area (Å²) < 4.78 is 41.0. The van der Waals surface area contributed by atoms with Crippen LogP contribution in [0.2, 0.25) is 0 Å². The Kier molecular flexibility index (Phi) is 3.09. The summed E-state index contributed by atoms with van der Waals surface area (Å²) in [6.45, 7) is 0. The molecule has 1 aromatic rings. The number of halogens is 3. The summed E-state index contributed by atoms with van der Waals surface area (Å²) in [7, 11) is 1.31. The zero-order chi connectivity index (χ0) is 11.6. The molecule has 0 aliphatic carbocycles. The van der Waals surface area contributed by atoms with Gasteiger partial charge >= 0.3 is 6.18 Å². The number of phenols is 1. The number of ether oxygens (including phenoxy) is 1. The van der Waals surface area contributed by atoms with Gasteiger partial charge in [-0.2, -0.15) is 13.2 Å². The second-order valence-corrected chi connectivity index (χ2v) is 2.87. The average molecular weight is 222 g/mol. The fraction of sp³-hybridized carbons (Fsp3) is 0.333. The number of aliphatic hydroxyl groups excluding tert-OH is 1. The molecule has 84 valence electrons. The summed E-state index contributed by atoms with van der Waals surface area (Å²) in [5.41, 5.74) is -0.594. The van der Waals surface area contributed by atoms with Gasteiger partial charge in [-0.05, 0) is 12.1 Å². The van der Waals surface area contributed by atoms with Crippen LogP contribution >= 0.6 is 0 Å². The Labute approximate surface area is 83.7 Å². The third-order valence-corrected chi connectivity index (χ3v) is 1.84. The van der Waals surface area contributed by atoms with Crippen LogP contribution in [0.4, 0.5) is 13.2 Å². The Morgan fingerprint density at radius 2 is 1.93 bits per heavy atom. The Balaban J connectivity index is 3.06. The third-order valence-electron chi connectivity index (χ3n) is 1.84. The fourth-order valence-electron chi connectivity index (χ4n) is 1.06. The first-order chi connectivity index (χ1) is 6.86. The van der Waals surface area contributed by atoms with Crippen molar-refractivity contribution in [1.82, 2.24) is 0 Å². The molecule has 0 spiro atoms. The van der Waals surface area contributed by atoms with Crippen LogP contribution in [0, 0.1) is 0 Å². The molecular formula is C9H9F3O3. The number of aliphatic hydroxyl groups is 1. The van der Waals surface area contributed by atoms with E-state index >= 15 is 0 Å². The fourth-order valence-corrected chi connectivity index (χ4v) is 1.06. The number of hydrogen-bond acceptors (Lipinski definition) is 3. The van der Waals surface area contributed by atoms with E-state index in [1.807, 2.05) is 0 Å². The summed E-state index contributed by atoms with van der Waals surface area (Å²) in [6, 6.07) is 3.20. The highest BCUT2D eigenvalue weighted by Gasteiger charge is 2.40. The van der Waals surface area contributed by atoms with Crippen molar-refractivity contribution in [3.8, 4) is 11.5 Å². The van der Waals surface area contributed by atoms with Gasteiger partial charge in [0, 0.05) is 11.6 Å². The second kappa shape index (κ2) is 3.98. The highest BCUT2D eigenvalue weighted by atomic mass is 19.4. The number of aromatic hydroxyl groups is 1. The van der Waals surface area contributed by atoms with E-state index in [0.717, 1.165) is 12.1 Å². The van der Waals surface area contributed by atoms with Crippen LogP contribution in [-0.2, 0) is 0 Å². The first-order valence-corrected chi connectivity index (χ1v) is 3.98. The normalized spacial score (nSPS) is 13.7. The SMILES string of the molecule is COc1ccc(C(O)C(F)(F)F)c(O)c1. The van der Waals surface area contributed by atoms with E-state index in [-0.39, 0.29) is 5.75 Å². The lowest BCUT2D eigenvalue weighted by molar-refractivity contribution is -0.207. The van der Waals surface area contributed by atoms with Crippen LogP contribution < -0.4 is 4.74 Å². The molecule has 0 aromatic heterocycles. The zero-order valence-electron chi connectivity index (χ0n) is 7.75. The highest BCUT2D eigenvalue weighted by Crippen LogP contribution is 2.37. The lowest BCUT2D eigenvalue weighted by atomic mass is 10.1. The molecule has 0 heterocycles. The van der Waals surface area contributed by atoms with Crippen molar-refractivity contribution >= 4 is 0 Å². The van der Waals surface area contributed by atoms with Gasteiger partial charge in [-0.1, -0.05) is 0 Å². The zero-order valence-corrected chi connectivity index (χ0v) is 7.75. The molecule has 0 amide bonds. The van der Waals surface area contributed by atoms with Crippen LogP contribution in [0.25, 0.3) is 0 Å². The van der Waals surface area contributed by atoms with Gasteiger partial charge in [-0.3, -0.25) is 0 Å². The number of phenolic OH excluding ortho intramolecular Hbond substituents is 1. The quantitative estimate of drug-likeness (QED) is 0.804. The summed E-state index contributed by atoms with van der Waals surface area (Å²) in [6.07, 6.45) is -7.49. The van der Waals surface area contributed by atoms with Gasteiger partial charge in [0.1, 0.15) is 11.5 Å². The van der Waals surface area contributed by atoms with Crippen LogP contribution in [0.15, 0.2) is 18.2 Å². The number of alkyl halides is 3. The highest BCUT2D eigenvalue weighted by molar-refractivity contribution is 5.41. The minimum absolute atomic E-state index is 0.214.